The largest absolute Gasteiger partial charge is 0.307 e. The highest BCUT2D eigenvalue weighted by Crippen LogP contribution is 2.29. The van der Waals surface area contributed by atoms with Gasteiger partial charge in [-0.15, -0.1) is 11.3 Å². The van der Waals surface area contributed by atoms with Crippen LogP contribution in [-0.2, 0) is 0 Å². The Morgan fingerprint density at radius 3 is 2.68 bits per heavy atom. The molecule has 3 atom stereocenters. The first-order valence-corrected chi connectivity index (χ1v) is 8.61. The average molecular weight is 280 g/mol. The molecule has 0 saturated heterocycles. The molecule has 1 heterocycles. The molecule has 1 aliphatic rings. The first-order valence-electron chi connectivity index (χ1n) is 7.80. The van der Waals surface area contributed by atoms with Crippen LogP contribution in [0.15, 0.2) is 0 Å². The molecule has 0 aromatic carbocycles. The number of nitrogens with one attached hydrogen (secondary N) is 1. The van der Waals surface area contributed by atoms with E-state index in [9.17, 15) is 0 Å². The van der Waals surface area contributed by atoms with E-state index in [1.54, 1.807) is 0 Å². The Bertz CT molecular complexity index is 399. The van der Waals surface area contributed by atoms with E-state index in [2.05, 4.69) is 38.0 Å². The summed E-state index contributed by atoms with van der Waals surface area (Å²) in [5, 5.41) is 5.03. The van der Waals surface area contributed by atoms with Gasteiger partial charge in [0.1, 0.15) is 0 Å². The Kier molecular flexibility index (Phi) is 5.40. The van der Waals surface area contributed by atoms with E-state index in [1.165, 1.54) is 54.1 Å². The molecule has 108 valence electrons. The van der Waals surface area contributed by atoms with Gasteiger partial charge < -0.3 is 5.32 Å². The maximum Gasteiger partial charge on any atom is 0.0900 e. The fourth-order valence-corrected chi connectivity index (χ4v) is 4.27. The molecule has 0 bridgehead atoms. The first-order chi connectivity index (χ1) is 9.10. The number of aromatic nitrogens is 1. The molecule has 1 fully saturated rings. The molecule has 1 aliphatic carbocycles. The summed E-state index contributed by atoms with van der Waals surface area (Å²) >= 11 is 1.85. The fourth-order valence-electron chi connectivity index (χ4n) is 3.33. The van der Waals surface area contributed by atoms with Crippen molar-refractivity contribution in [1.82, 2.24) is 10.3 Å². The summed E-state index contributed by atoms with van der Waals surface area (Å²) in [5.74, 6) is 0.967. The lowest BCUT2D eigenvalue weighted by Gasteiger charge is -2.21. The zero-order valence-electron chi connectivity index (χ0n) is 12.8. The van der Waals surface area contributed by atoms with E-state index in [-0.39, 0.29) is 0 Å². The Balaban J connectivity index is 1.91. The van der Waals surface area contributed by atoms with Crippen LogP contribution < -0.4 is 5.32 Å². The average Bonchev–Trinajstić information content (AvgIpc) is 2.60. The van der Waals surface area contributed by atoms with Crippen LogP contribution in [0.25, 0.3) is 0 Å². The molecule has 2 rings (SSSR count). The van der Waals surface area contributed by atoms with Crippen molar-refractivity contribution < 1.29 is 0 Å². The molecule has 3 heteroatoms. The van der Waals surface area contributed by atoms with Gasteiger partial charge in [-0.05, 0) is 46.0 Å². The van der Waals surface area contributed by atoms with Crippen LogP contribution in [-0.4, -0.2) is 11.0 Å². The second-order valence-corrected chi connectivity index (χ2v) is 7.29. The predicted molar refractivity (Wildman–Crippen MR) is 83.8 cm³/mol. The first kappa shape index (κ1) is 15.0. The van der Waals surface area contributed by atoms with Gasteiger partial charge in [-0.1, -0.05) is 26.2 Å². The molecular formula is C16H28N2S. The molecule has 1 aromatic rings. The highest BCUT2D eigenvalue weighted by atomic mass is 32.1. The Hall–Kier alpha value is -0.410. The molecule has 0 amide bonds. The van der Waals surface area contributed by atoms with E-state index in [0.29, 0.717) is 12.1 Å². The van der Waals surface area contributed by atoms with Crippen molar-refractivity contribution in [2.45, 2.75) is 78.3 Å². The van der Waals surface area contributed by atoms with Crippen molar-refractivity contribution in [3.8, 4) is 0 Å². The standard InChI is InChI=1S/C16H28N2S/c1-5-14-7-6-8-15(10-9-14)18-12(3)16-11(2)17-13(4)19-16/h12,14-15,18H,5-10H2,1-4H3. The minimum absolute atomic E-state index is 0.453. The van der Waals surface area contributed by atoms with Crippen LogP contribution in [0.2, 0.25) is 0 Å². The van der Waals surface area contributed by atoms with Gasteiger partial charge in [0.15, 0.2) is 0 Å². The number of aryl methyl sites for hydroxylation is 2. The van der Waals surface area contributed by atoms with E-state index in [4.69, 9.17) is 0 Å². The van der Waals surface area contributed by atoms with Gasteiger partial charge in [-0.2, -0.15) is 0 Å². The highest BCUT2D eigenvalue weighted by Gasteiger charge is 2.21. The minimum atomic E-state index is 0.453. The molecule has 0 radical (unpaired) electrons. The second kappa shape index (κ2) is 6.85. The fraction of sp³-hybridized carbons (Fsp3) is 0.812. The smallest absolute Gasteiger partial charge is 0.0900 e. The van der Waals surface area contributed by atoms with Gasteiger partial charge in [0, 0.05) is 17.0 Å². The molecule has 0 spiro atoms. The number of nitrogens with zero attached hydrogens (tertiary/aromatic N) is 1. The lowest BCUT2D eigenvalue weighted by atomic mass is 9.97. The Morgan fingerprint density at radius 2 is 2.05 bits per heavy atom. The molecule has 0 aliphatic heterocycles. The third kappa shape index (κ3) is 4.03. The predicted octanol–water partition coefficient (Wildman–Crippen LogP) is 4.77. The quantitative estimate of drug-likeness (QED) is 0.804. The van der Waals surface area contributed by atoms with Gasteiger partial charge in [0.2, 0.25) is 0 Å². The lowest BCUT2D eigenvalue weighted by Crippen LogP contribution is -2.31. The molecular weight excluding hydrogens is 252 g/mol. The van der Waals surface area contributed by atoms with Gasteiger partial charge in [0.25, 0.3) is 0 Å². The summed E-state index contributed by atoms with van der Waals surface area (Å²) in [6.45, 7) is 8.87. The molecule has 19 heavy (non-hydrogen) atoms. The molecule has 3 unspecified atom stereocenters. The summed E-state index contributed by atoms with van der Waals surface area (Å²) in [6.07, 6.45) is 8.28. The number of rotatable bonds is 4. The summed E-state index contributed by atoms with van der Waals surface area (Å²) in [6, 6.07) is 1.16. The Labute approximate surface area is 122 Å². The van der Waals surface area contributed by atoms with Crippen molar-refractivity contribution in [2.24, 2.45) is 5.92 Å². The normalized spacial score (nSPS) is 26.1. The van der Waals surface area contributed by atoms with Gasteiger partial charge >= 0.3 is 0 Å². The summed E-state index contributed by atoms with van der Waals surface area (Å²) in [5.41, 5.74) is 1.21. The van der Waals surface area contributed by atoms with Crippen LogP contribution in [0.1, 0.15) is 74.0 Å². The van der Waals surface area contributed by atoms with Gasteiger partial charge in [-0.25, -0.2) is 4.98 Å². The minimum Gasteiger partial charge on any atom is -0.307 e. The molecule has 1 aromatic heterocycles. The van der Waals surface area contributed by atoms with Gasteiger partial charge in [-0.3, -0.25) is 0 Å². The van der Waals surface area contributed by atoms with Gasteiger partial charge in [0.05, 0.1) is 10.7 Å². The zero-order chi connectivity index (χ0) is 13.8. The maximum atomic E-state index is 4.55. The van der Waals surface area contributed by atoms with Crippen molar-refractivity contribution in [2.75, 3.05) is 0 Å². The van der Waals surface area contributed by atoms with Crippen LogP contribution in [0.5, 0.6) is 0 Å². The number of hydrogen-bond donors (Lipinski definition) is 1. The third-order valence-corrected chi connectivity index (χ3v) is 5.74. The summed E-state index contributed by atoms with van der Waals surface area (Å²) in [7, 11) is 0. The SMILES string of the molecule is CCC1CCCC(NC(C)c2sc(C)nc2C)CC1. The number of thiazole rings is 1. The van der Waals surface area contributed by atoms with Crippen molar-refractivity contribution in [3.63, 3.8) is 0 Å². The lowest BCUT2D eigenvalue weighted by molar-refractivity contribution is 0.401. The van der Waals surface area contributed by atoms with Crippen LogP contribution >= 0.6 is 11.3 Å². The highest BCUT2D eigenvalue weighted by molar-refractivity contribution is 7.11. The van der Waals surface area contributed by atoms with E-state index in [1.807, 2.05) is 11.3 Å². The van der Waals surface area contributed by atoms with Crippen molar-refractivity contribution in [3.05, 3.63) is 15.6 Å². The summed E-state index contributed by atoms with van der Waals surface area (Å²) in [4.78, 5) is 5.97. The molecule has 1 saturated carbocycles. The Morgan fingerprint density at radius 1 is 1.26 bits per heavy atom. The van der Waals surface area contributed by atoms with Crippen molar-refractivity contribution in [1.29, 1.82) is 0 Å². The third-order valence-electron chi connectivity index (χ3n) is 4.48. The molecule has 2 nitrogen and oxygen atoms in total. The number of hydrogen-bond acceptors (Lipinski definition) is 3. The van der Waals surface area contributed by atoms with E-state index in [0.717, 1.165) is 5.92 Å². The molecule has 1 N–H and O–H groups in total. The van der Waals surface area contributed by atoms with E-state index >= 15 is 0 Å². The van der Waals surface area contributed by atoms with E-state index < -0.39 is 0 Å². The van der Waals surface area contributed by atoms with Crippen LogP contribution in [0, 0.1) is 19.8 Å². The van der Waals surface area contributed by atoms with Crippen LogP contribution in [0.4, 0.5) is 0 Å². The second-order valence-electron chi connectivity index (χ2n) is 6.05. The van der Waals surface area contributed by atoms with Crippen LogP contribution in [0.3, 0.4) is 0 Å². The maximum absolute atomic E-state index is 4.55. The zero-order valence-corrected chi connectivity index (χ0v) is 13.6. The summed E-state index contributed by atoms with van der Waals surface area (Å²) < 4.78 is 0. The monoisotopic (exact) mass is 280 g/mol. The topological polar surface area (TPSA) is 24.9 Å². The van der Waals surface area contributed by atoms with Crippen molar-refractivity contribution >= 4 is 11.3 Å².